The van der Waals surface area contributed by atoms with Crippen LogP contribution in [0.5, 0.6) is 0 Å². The van der Waals surface area contributed by atoms with Crippen LogP contribution in [-0.2, 0) is 11.3 Å². The van der Waals surface area contributed by atoms with E-state index in [4.69, 9.17) is 4.74 Å². The molecule has 1 aliphatic heterocycles. The molecule has 2 N–H and O–H groups in total. The van der Waals surface area contributed by atoms with E-state index >= 15 is 0 Å². The number of H-pyrrole nitrogens is 1. The predicted molar refractivity (Wildman–Crippen MR) is 106 cm³/mol. The quantitative estimate of drug-likeness (QED) is 0.791. The summed E-state index contributed by atoms with van der Waals surface area (Å²) in [6.07, 6.45) is 0. The van der Waals surface area contributed by atoms with Gasteiger partial charge < -0.3 is 9.72 Å². The Kier molecular flexibility index (Phi) is 5.78. The highest BCUT2D eigenvalue weighted by molar-refractivity contribution is 8.14. The van der Waals surface area contributed by atoms with Crippen molar-refractivity contribution in [3.8, 4) is 0 Å². The molecular formula is C19H22N4O2S. The predicted octanol–water partition coefficient (Wildman–Crippen LogP) is 3.40. The maximum atomic E-state index is 12.3. The summed E-state index contributed by atoms with van der Waals surface area (Å²) in [5.41, 5.74) is 8.08. The Hall–Kier alpha value is -2.54. The molecule has 1 aromatic carbocycles. The smallest absolute Gasteiger partial charge is 0.340 e. The lowest BCUT2D eigenvalue weighted by Gasteiger charge is -2.16. The van der Waals surface area contributed by atoms with Gasteiger partial charge in [0.05, 0.1) is 24.4 Å². The van der Waals surface area contributed by atoms with Crippen molar-refractivity contribution in [1.82, 2.24) is 10.4 Å². The zero-order valence-electron chi connectivity index (χ0n) is 15.1. The van der Waals surface area contributed by atoms with Crippen LogP contribution in [0.25, 0.3) is 0 Å². The van der Waals surface area contributed by atoms with E-state index in [1.165, 1.54) is 0 Å². The number of aryl methyl sites for hydroxylation is 2. The number of hydrogen-bond donors (Lipinski definition) is 2. The van der Waals surface area contributed by atoms with Crippen LogP contribution >= 0.6 is 11.8 Å². The minimum atomic E-state index is -0.319. The van der Waals surface area contributed by atoms with E-state index < -0.39 is 0 Å². The van der Waals surface area contributed by atoms with E-state index in [2.05, 4.69) is 20.5 Å². The van der Waals surface area contributed by atoms with Crippen LogP contribution in [0.2, 0.25) is 0 Å². The molecule has 0 aliphatic carbocycles. The van der Waals surface area contributed by atoms with Crippen molar-refractivity contribution in [2.24, 2.45) is 10.1 Å². The first-order valence-electron chi connectivity index (χ1n) is 8.50. The van der Waals surface area contributed by atoms with Crippen molar-refractivity contribution >= 4 is 28.6 Å². The Morgan fingerprint density at radius 2 is 2.04 bits per heavy atom. The average Bonchev–Trinajstić information content (AvgIpc) is 2.95. The number of hydrogen-bond acceptors (Lipinski definition) is 5. The molecule has 136 valence electrons. The molecule has 26 heavy (non-hydrogen) atoms. The molecule has 3 rings (SSSR count). The Morgan fingerprint density at radius 1 is 1.27 bits per heavy atom. The highest BCUT2D eigenvalue weighted by atomic mass is 32.2. The minimum Gasteiger partial charge on any atom is -0.462 e. The minimum absolute atomic E-state index is 0.319. The molecule has 2 aromatic rings. The Morgan fingerprint density at radius 3 is 2.69 bits per heavy atom. The van der Waals surface area contributed by atoms with Crippen LogP contribution in [0.1, 0.15) is 39.8 Å². The Bertz CT molecular complexity index is 856. The molecule has 0 bridgehead atoms. The van der Waals surface area contributed by atoms with Gasteiger partial charge in [-0.3, -0.25) is 10.4 Å². The second-order valence-electron chi connectivity index (χ2n) is 5.91. The maximum Gasteiger partial charge on any atom is 0.340 e. The number of hydrazone groups is 1. The number of ether oxygens (including phenoxy) is 1. The fraction of sp³-hybridized carbons (Fsp3) is 0.316. The van der Waals surface area contributed by atoms with Gasteiger partial charge >= 0.3 is 5.97 Å². The number of amidine groups is 1. The average molecular weight is 370 g/mol. The number of benzene rings is 1. The lowest BCUT2D eigenvalue weighted by atomic mass is 10.1. The SMILES string of the molecule is CCOC(=O)c1c(C)[nH]c(C)c1C1=NNC(=NCc2ccccc2)SC1. The zero-order chi connectivity index (χ0) is 18.5. The number of nitrogens with zero attached hydrogens (tertiary/aromatic N) is 2. The number of aliphatic imine (C=N–C) groups is 1. The number of nitrogens with one attached hydrogen (secondary N) is 2. The van der Waals surface area contributed by atoms with Gasteiger partial charge in [0.2, 0.25) is 0 Å². The number of carbonyl (C=O) groups is 1. The number of aromatic nitrogens is 1. The summed E-state index contributed by atoms with van der Waals surface area (Å²) in [7, 11) is 0. The van der Waals surface area contributed by atoms with Crippen LogP contribution < -0.4 is 5.43 Å². The summed E-state index contributed by atoms with van der Waals surface area (Å²) in [6.45, 7) is 6.57. The van der Waals surface area contributed by atoms with Gasteiger partial charge in [0.1, 0.15) is 0 Å². The first-order chi connectivity index (χ1) is 12.6. The van der Waals surface area contributed by atoms with Gasteiger partial charge in [0.15, 0.2) is 5.17 Å². The molecule has 0 atom stereocenters. The van der Waals surface area contributed by atoms with E-state index in [0.29, 0.717) is 24.5 Å². The largest absolute Gasteiger partial charge is 0.462 e. The summed E-state index contributed by atoms with van der Waals surface area (Å²) < 4.78 is 5.20. The number of carbonyl (C=O) groups excluding carboxylic acids is 1. The van der Waals surface area contributed by atoms with Crippen molar-refractivity contribution in [3.63, 3.8) is 0 Å². The first kappa shape index (κ1) is 18.3. The molecular weight excluding hydrogens is 348 g/mol. The first-order valence-corrected chi connectivity index (χ1v) is 9.49. The molecule has 1 aliphatic rings. The molecule has 0 unspecified atom stereocenters. The Labute approximate surface area is 157 Å². The van der Waals surface area contributed by atoms with Gasteiger partial charge in [-0.05, 0) is 26.3 Å². The standard InChI is InChI=1S/C19H22N4O2S/c1-4-25-18(24)17-13(3)21-12(2)16(17)15-11-26-19(23-22-15)20-10-14-8-6-5-7-9-14/h5-9,21H,4,10-11H2,1-3H3,(H,20,23). The molecule has 0 saturated heterocycles. The molecule has 0 radical (unpaired) electrons. The highest BCUT2D eigenvalue weighted by Gasteiger charge is 2.26. The molecule has 0 fully saturated rings. The number of rotatable bonds is 5. The van der Waals surface area contributed by atoms with Crippen LogP contribution in [-0.4, -0.2) is 34.2 Å². The Balaban J connectivity index is 1.78. The lowest BCUT2D eigenvalue weighted by Crippen LogP contribution is -2.27. The van der Waals surface area contributed by atoms with E-state index in [0.717, 1.165) is 33.4 Å². The summed E-state index contributed by atoms with van der Waals surface area (Å²) >= 11 is 1.58. The fourth-order valence-electron chi connectivity index (χ4n) is 2.87. The van der Waals surface area contributed by atoms with Gasteiger partial charge in [0.25, 0.3) is 0 Å². The van der Waals surface area contributed by atoms with E-state index in [9.17, 15) is 4.79 Å². The normalized spacial score (nSPS) is 15.5. The second kappa shape index (κ2) is 8.23. The van der Waals surface area contributed by atoms with Gasteiger partial charge in [0, 0.05) is 22.7 Å². The topological polar surface area (TPSA) is 78.8 Å². The summed E-state index contributed by atoms with van der Waals surface area (Å²) in [4.78, 5) is 20.1. The molecule has 1 aromatic heterocycles. The third kappa shape index (κ3) is 3.99. The van der Waals surface area contributed by atoms with Crippen molar-refractivity contribution in [1.29, 1.82) is 0 Å². The van der Waals surface area contributed by atoms with Gasteiger partial charge in [-0.2, -0.15) is 5.10 Å². The molecule has 2 heterocycles. The van der Waals surface area contributed by atoms with E-state index in [-0.39, 0.29) is 5.97 Å². The summed E-state index contributed by atoms with van der Waals surface area (Å²) in [5, 5.41) is 5.24. The number of thioether (sulfide) groups is 1. The third-order valence-corrected chi connectivity index (χ3v) is 4.93. The zero-order valence-corrected chi connectivity index (χ0v) is 15.9. The van der Waals surface area contributed by atoms with Crippen LogP contribution in [0, 0.1) is 13.8 Å². The number of aromatic amines is 1. The van der Waals surface area contributed by atoms with Gasteiger partial charge in [-0.15, -0.1) is 0 Å². The maximum absolute atomic E-state index is 12.3. The van der Waals surface area contributed by atoms with Crippen molar-refractivity contribution in [2.45, 2.75) is 27.3 Å². The van der Waals surface area contributed by atoms with Crippen LogP contribution in [0.15, 0.2) is 40.4 Å². The van der Waals surface area contributed by atoms with Crippen molar-refractivity contribution in [2.75, 3.05) is 12.4 Å². The van der Waals surface area contributed by atoms with Gasteiger partial charge in [-0.25, -0.2) is 4.79 Å². The summed E-state index contributed by atoms with van der Waals surface area (Å²) in [5.74, 6) is 0.325. The van der Waals surface area contributed by atoms with Gasteiger partial charge in [-0.1, -0.05) is 42.1 Å². The van der Waals surface area contributed by atoms with Crippen molar-refractivity contribution in [3.05, 3.63) is 58.4 Å². The van der Waals surface area contributed by atoms with E-state index in [1.54, 1.807) is 18.7 Å². The fourth-order valence-corrected chi connectivity index (χ4v) is 3.62. The number of esters is 1. The van der Waals surface area contributed by atoms with Crippen LogP contribution in [0.3, 0.4) is 0 Å². The molecule has 6 nitrogen and oxygen atoms in total. The highest BCUT2D eigenvalue weighted by Crippen LogP contribution is 2.24. The van der Waals surface area contributed by atoms with Crippen LogP contribution in [0.4, 0.5) is 0 Å². The van der Waals surface area contributed by atoms with E-state index in [1.807, 2.05) is 44.2 Å². The molecule has 0 saturated carbocycles. The molecule has 0 spiro atoms. The summed E-state index contributed by atoms with van der Waals surface area (Å²) in [6, 6.07) is 10.1. The second-order valence-corrected chi connectivity index (χ2v) is 6.88. The lowest BCUT2D eigenvalue weighted by molar-refractivity contribution is 0.0525. The van der Waals surface area contributed by atoms with Crippen molar-refractivity contribution < 1.29 is 9.53 Å². The molecule has 7 heteroatoms. The third-order valence-electron chi connectivity index (χ3n) is 4.02. The monoisotopic (exact) mass is 370 g/mol. The molecule has 0 amide bonds.